The van der Waals surface area contributed by atoms with Crippen molar-refractivity contribution in [1.29, 1.82) is 0 Å². The SMILES string of the molecule is O=C1NC(C(O)CO)CO1. The van der Waals surface area contributed by atoms with Crippen LogP contribution in [0.2, 0.25) is 0 Å². The monoisotopic (exact) mass is 147 g/mol. The van der Waals surface area contributed by atoms with Gasteiger partial charge in [-0.2, -0.15) is 0 Å². The lowest BCUT2D eigenvalue weighted by Gasteiger charge is -2.11. The van der Waals surface area contributed by atoms with Gasteiger partial charge < -0.3 is 20.3 Å². The number of aliphatic hydroxyl groups excluding tert-OH is 2. The van der Waals surface area contributed by atoms with Crippen molar-refractivity contribution in [2.24, 2.45) is 0 Å². The van der Waals surface area contributed by atoms with Crippen molar-refractivity contribution in [2.45, 2.75) is 12.1 Å². The minimum absolute atomic E-state index is 0.126. The second kappa shape index (κ2) is 2.85. The minimum atomic E-state index is -0.925. The largest absolute Gasteiger partial charge is 0.447 e. The first-order chi connectivity index (χ1) is 4.74. The van der Waals surface area contributed by atoms with Crippen LogP contribution in [0.3, 0.4) is 0 Å². The van der Waals surface area contributed by atoms with E-state index >= 15 is 0 Å². The summed E-state index contributed by atoms with van der Waals surface area (Å²) in [5.74, 6) is 0. The first-order valence-electron chi connectivity index (χ1n) is 2.96. The number of hydrogen-bond donors (Lipinski definition) is 3. The minimum Gasteiger partial charge on any atom is -0.447 e. The Morgan fingerprint density at radius 1 is 1.90 bits per heavy atom. The van der Waals surface area contributed by atoms with Gasteiger partial charge in [0.1, 0.15) is 12.7 Å². The van der Waals surface area contributed by atoms with Crippen LogP contribution in [0.5, 0.6) is 0 Å². The summed E-state index contributed by atoms with van der Waals surface area (Å²) in [6.07, 6.45) is -1.47. The van der Waals surface area contributed by atoms with E-state index in [1.54, 1.807) is 0 Å². The zero-order valence-corrected chi connectivity index (χ0v) is 5.28. The van der Waals surface area contributed by atoms with Crippen molar-refractivity contribution in [3.05, 3.63) is 0 Å². The van der Waals surface area contributed by atoms with Gasteiger partial charge in [-0.15, -0.1) is 0 Å². The van der Waals surface area contributed by atoms with Gasteiger partial charge >= 0.3 is 6.09 Å². The molecule has 10 heavy (non-hydrogen) atoms. The molecule has 0 aliphatic carbocycles. The van der Waals surface area contributed by atoms with Gasteiger partial charge in [-0.25, -0.2) is 4.79 Å². The first kappa shape index (κ1) is 7.30. The maximum atomic E-state index is 10.3. The van der Waals surface area contributed by atoms with Crippen LogP contribution in [0.4, 0.5) is 4.79 Å². The number of carbonyl (C=O) groups is 1. The average Bonchev–Trinajstić information content (AvgIpc) is 2.34. The fourth-order valence-electron chi connectivity index (χ4n) is 0.735. The summed E-state index contributed by atoms with van der Waals surface area (Å²) in [6, 6.07) is -0.461. The molecule has 1 aliphatic heterocycles. The number of nitrogens with one attached hydrogen (secondary N) is 1. The van der Waals surface area contributed by atoms with Gasteiger partial charge in [-0.3, -0.25) is 0 Å². The average molecular weight is 147 g/mol. The van der Waals surface area contributed by atoms with Crippen LogP contribution >= 0.6 is 0 Å². The van der Waals surface area contributed by atoms with Gasteiger partial charge in [0, 0.05) is 0 Å². The number of ether oxygens (including phenoxy) is 1. The molecule has 0 aromatic carbocycles. The van der Waals surface area contributed by atoms with E-state index in [1.807, 2.05) is 0 Å². The predicted molar refractivity (Wildman–Crippen MR) is 31.4 cm³/mol. The molecule has 5 heteroatoms. The summed E-state index contributed by atoms with van der Waals surface area (Å²) >= 11 is 0. The van der Waals surface area contributed by atoms with Crippen molar-refractivity contribution in [1.82, 2.24) is 5.32 Å². The predicted octanol–water partition coefficient (Wildman–Crippen LogP) is -1.55. The number of aliphatic hydroxyl groups is 2. The van der Waals surface area contributed by atoms with Gasteiger partial charge in [-0.1, -0.05) is 0 Å². The number of carbonyl (C=O) groups excluding carboxylic acids is 1. The molecule has 1 fully saturated rings. The highest BCUT2D eigenvalue weighted by Gasteiger charge is 2.27. The summed E-state index contributed by atoms with van der Waals surface area (Å²) < 4.78 is 4.47. The van der Waals surface area contributed by atoms with Crippen LogP contribution in [0.25, 0.3) is 0 Å². The summed E-state index contributed by atoms with van der Waals surface area (Å²) in [6.45, 7) is -0.241. The maximum absolute atomic E-state index is 10.3. The Balaban J connectivity index is 2.36. The fourth-order valence-corrected chi connectivity index (χ4v) is 0.735. The molecule has 1 heterocycles. The Morgan fingerprint density at radius 3 is 3.00 bits per heavy atom. The third kappa shape index (κ3) is 1.37. The molecule has 0 saturated carbocycles. The zero-order chi connectivity index (χ0) is 7.56. The molecule has 2 unspecified atom stereocenters. The van der Waals surface area contributed by atoms with Crippen molar-refractivity contribution >= 4 is 6.09 Å². The van der Waals surface area contributed by atoms with E-state index in [0.29, 0.717) is 0 Å². The van der Waals surface area contributed by atoms with Crippen molar-refractivity contribution in [3.63, 3.8) is 0 Å². The normalized spacial score (nSPS) is 27.4. The molecule has 1 aliphatic rings. The lowest BCUT2D eigenvalue weighted by atomic mass is 10.2. The standard InChI is InChI=1S/C5H9NO4/c7-1-4(8)3-2-10-5(9)6-3/h3-4,7-8H,1-2H2,(H,6,9). The topological polar surface area (TPSA) is 78.8 Å². The summed E-state index contributed by atoms with van der Waals surface area (Å²) in [5.41, 5.74) is 0. The number of hydrogen-bond acceptors (Lipinski definition) is 4. The Kier molecular flexibility index (Phi) is 2.08. The van der Waals surface area contributed by atoms with Crippen molar-refractivity contribution in [2.75, 3.05) is 13.2 Å². The molecule has 58 valence electrons. The Hall–Kier alpha value is -0.810. The van der Waals surface area contributed by atoms with Crippen LogP contribution in [-0.4, -0.2) is 41.7 Å². The van der Waals surface area contributed by atoms with E-state index in [2.05, 4.69) is 10.1 Å². The molecule has 5 nitrogen and oxygen atoms in total. The first-order valence-corrected chi connectivity index (χ1v) is 2.96. The molecule has 1 rings (SSSR count). The number of cyclic esters (lactones) is 1. The summed E-state index contributed by atoms with van der Waals surface area (Å²) in [5, 5.41) is 19.7. The third-order valence-corrected chi connectivity index (χ3v) is 1.35. The van der Waals surface area contributed by atoms with Gasteiger partial charge in [0.15, 0.2) is 0 Å². The Morgan fingerprint density at radius 2 is 2.60 bits per heavy atom. The molecule has 0 radical (unpaired) electrons. The lowest BCUT2D eigenvalue weighted by Crippen LogP contribution is -2.40. The van der Waals surface area contributed by atoms with Crippen LogP contribution in [0.1, 0.15) is 0 Å². The lowest BCUT2D eigenvalue weighted by molar-refractivity contribution is 0.0642. The second-order valence-electron chi connectivity index (χ2n) is 2.10. The highest BCUT2D eigenvalue weighted by molar-refractivity contribution is 5.69. The molecule has 1 saturated heterocycles. The van der Waals surface area contributed by atoms with Gasteiger partial charge in [0.2, 0.25) is 0 Å². The second-order valence-corrected chi connectivity index (χ2v) is 2.10. The smallest absolute Gasteiger partial charge is 0.407 e. The molecule has 0 aromatic heterocycles. The number of amides is 1. The van der Waals surface area contributed by atoms with E-state index in [9.17, 15) is 4.79 Å². The van der Waals surface area contributed by atoms with Crippen LogP contribution in [-0.2, 0) is 4.74 Å². The Labute approximate surface area is 57.6 Å². The molecule has 0 aromatic rings. The third-order valence-electron chi connectivity index (χ3n) is 1.35. The molecule has 0 bridgehead atoms. The van der Waals surface area contributed by atoms with E-state index < -0.39 is 18.2 Å². The van der Waals surface area contributed by atoms with E-state index in [1.165, 1.54) is 0 Å². The molecular weight excluding hydrogens is 138 g/mol. The van der Waals surface area contributed by atoms with E-state index in [0.717, 1.165) is 0 Å². The molecular formula is C5H9NO4. The highest BCUT2D eigenvalue weighted by atomic mass is 16.6. The zero-order valence-electron chi connectivity index (χ0n) is 5.28. The number of alkyl carbamates (subject to hydrolysis) is 1. The van der Waals surface area contributed by atoms with E-state index in [-0.39, 0.29) is 13.2 Å². The molecule has 0 spiro atoms. The van der Waals surface area contributed by atoms with Gasteiger partial charge in [0.05, 0.1) is 12.6 Å². The van der Waals surface area contributed by atoms with Gasteiger partial charge in [0.25, 0.3) is 0 Å². The van der Waals surface area contributed by atoms with Crippen LogP contribution in [0, 0.1) is 0 Å². The van der Waals surface area contributed by atoms with Crippen molar-refractivity contribution < 1.29 is 19.7 Å². The quantitative estimate of drug-likeness (QED) is 0.441. The van der Waals surface area contributed by atoms with Crippen LogP contribution < -0.4 is 5.32 Å². The highest BCUT2D eigenvalue weighted by Crippen LogP contribution is 2.01. The van der Waals surface area contributed by atoms with Gasteiger partial charge in [-0.05, 0) is 0 Å². The van der Waals surface area contributed by atoms with E-state index in [4.69, 9.17) is 10.2 Å². The molecule has 2 atom stereocenters. The number of rotatable bonds is 2. The maximum Gasteiger partial charge on any atom is 0.407 e. The Bertz CT molecular complexity index is 138. The fraction of sp³-hybridized carbons (Fsp3) is 0.800. The molecule has 3 N–H and O–H groups in total. The molecule has 1 amide bonds. The van der Waals surface area contributed by atoms with Crippen LogP contribution in [0.15, 0.2) is 0 Å². The van der Waals surface area contributed by atoms with Crippen molar-refractivity contribution in [3.8, 4) is 0 Å². The summed E-state index contributed by atoms with van der Waals surface area (Å²) in [7, 11) is 0. The summed E-state index contributed by atoms with van der Waals surface area (Å²) in [4.78, 5) is 10.3.